The first-order chi connectivity index (χ1) is 13.6. The minimum atomic E-state index is -0.433. The van der Waals surface area contributed by atoms with Crippen LogP contribution in [0.1, 0.15) is 56.1 Å². The molecule has 0 radical (unpaired) electrons. The highest BCUT2D eigenvalue weighted by Gasteiger charge is 2.14. The molecule has 0 spiro atoms. The molecule has 0 unspecified atom stereocenters. The van der Waals surface area contributed by atoms with E-state index in [0.29, 0.717) is 25.6 Å². The Morgan fingerprint density at radius 1 is 1.07 bits per heavy atom. The van der Waals surface area contributed by atoms with Gasteiger partial charge in [-0.1, -0.05) is 36.2 Å². The molecule has 0 N–H and O–H groups in total. The molecule has 0 aliphatic rings. The maximum atomic E-state index is 12.0. The second kappa shape index (κ2) is 11.6. The lowest BCUT2D eigenvalue weighted by Gasteiger charge is -2.23. The van der Waals surface area contributed by atoms with Crippen molar-refractivity contribution in [3.05, 3.63) is 46.1 Å². The Bertz CT molecular complexity index is 753. The summed E-state index contributed by atoms with van der Waals surface area (Å²) in [7, 11) is 0. The summed E-state index contributed by atoms with van der Waals surface area (Å²) in [6, 6.07) is 9.47. The number of unbranched alkanes of at least 4 members (excludes halogenated alkanes) is 1. The normalized spacial score (nSPS) is 10.6. The highest BCUT2D eigenvalue weighted by atomic mass is 79.9. The molecular formula is C21H28BrN3O3. The fourth-order valence-electron chi connectivity index (χ4n) is 2.57. The zero-order valence-corrected chi connectivity index (χ0v) is 18.4. The summed E-state index contributed by atoms with van der Waals surface area (Å²) in [6.45, 7) is 8.64. The summed E-state index contributed by atoms with van der Waals surface area (Å²) in [5, 5.41) is 8.28. The number of carbonyl (C=O) groups excluding carboxylic acids is 1. The lowest BCUT2D eigenvalue weighted by atomic mass is 10.2. The molecule has 0 bridgehead atoms. The third kappa shape index (κ3) is 6.48. The zero-order valence-electron chi connectivity index (χ0n) is 16.8. The summed E-state index contributed by atoms with van der Waals surface area (Å²) in [5.41, 5.74) is 1.29. The third-order valence-corrected chi connectivity index (χ3v) is 4.64. The number of hydrogen-bond donors (Lipinski definition) is 0. The molecule has 1 aromatic carbocycles. The van der Waals surface area contributed by atoms with Gasteiger partial charge >= 0.3 is 5.97 Å². The number of esters is 1. The SMILES string of the molecule is CCCCOC(=O)c1ccc(N(CC)Cc2cc(Br)ccc2OCCC)nn1. The number of hydrogen-bond acceptors (Lipinski definition) is 6. The van der Waals surface area contributed by atoms with Gasteiger partial charge in [0.05, 0.1) is 13.2 Å². The van der Waals surface area contributed by atoms with E-state index < -0.39 is 5.97 Å². The van der Waals surface area contributed by atoms with Gasteiger partial charge in [0.1, 0.15) is 5.75 Å². The van der Waals surface area contributed by atoms with E-state index in [4.69, 9.17) is 9.47 Å². The molecule has 152 valence electrons. The van der Waals surface area contributed by atoms with Crippen molar-refractivity contribution in [1.29, 1.82) is 0 Å². The largest absolute Gasteiger partial charge is 0.493 e. The molecule has 1 aromatic heterocycles. The molecule has 2 aromatic rings. The highest BCUT2D eigenvalue weighted by molar-refractivity contribution is 9.10. The maximum Gasteiger partial charge on any atom is 0.358 e. The fraction of sp³-hybridized carbons (Fsp3) is 0.476. The predicted octanol–water partition coefficient (Wildman–Crippen LogP) is 5.01. The first kappa shape index (κ1) is 22.1. The Morgan fingerprint density at radius 2 is 1.89 bits per heavy atom. The van der Waals surface area contributed by atoms with Crippen molar-refractivity contribution in [2.45, 2.75) is 46.6 Å². The van der Waals surface area contributed by atoms with Crippen LogP contribution in [0.2, 0.25) is 0 Å². The van der Waals surface area contributed by atoms with E-state index in [1.807, 2.05) is 19.1 Å². The molecule has 0 saturated carbocycles. The number of anilines is 1. The Hall–Kier alpha value is -2.15. The summed E-state index contributed by atoms with van der Waals surface area (Å²) >= 11 is 3.53. The van der Waals surface area contributed by atoms with Crippen molar-refractivity contribution in [3.8, 4) is 5.75 Å². The van der Waals surface area contributed by atoms with Crippen molar-refractivity contribution in [2.75, 3.05) is 24.7 Å². The summed E-state index contributed by atoms with van der Waals surface area (Å²) in [5.74, 6) is 1.14. The molecule has 7 heteroatoms. The van der Waals surface area contributed by atoms with Crippen LogP contribution in [0, 0.1) is 0 Å². The minimum absolute atomic E-state index is 0.227. The minimum Gasteiger partial charge on any atom is -0.493 e. The van der Waals surface area contributed by atoms with Crippen LogP contribution < -0.4 is 9.64 Å². The van der Waals surface area contributed by atoms with Crippen LogP contribution in [-0.4, -0.2) is 35.9 Å². The second-order valence-electron chi connectivity index (χ2n) is 6.38. The summed E-state index contributed by atoms with van der Waals surface area (Å²) < 4.78 is 12.1. The molecule has 28 heavy (non-hydrogen) atoms. The van der Waals surface area contributed by atoms with Gasteiger partial charge in [-0.25, -0.2) is 4.79 Å². The Kier molecular flexibility index (Phi) is 9.20. The first-order valence-corrected chi connectivity index (χ1v) is 10.5. The standard InChI is InChI=1S/C21H28BrN3O3/c1-4-7-13-28-21(26)18-9-11-20(24-23-18)25(6-3)15-16-14-17(22)8-10-19(16)27-12-5-2/h8-11,14H,4-7,12-13,15H2,1-3H3. The highest BCUT2D eigenvalue weighted by Crippen LogP contribution is 2.26. The molecule has 0 amide bonds. The topological polar surface area (TPSA) is 64.5 Å². The summed E-state index contributed by atoms with van der Waals surface area (Å²) in [6.07, 6.45) is 2.77. The molecule has 0 aliphatic carbocycles. The first-order valence-electron chi connectivity index (χ1n) is 9.76. The number of nitrogens with zero attached hydrogens (tertiary/aromatic N) is 3. The van der Waals surface area contributed by atoms with Crippen molar-refractivity contribution in [2.24, 2.45) is 0 Å². The number of rotatable bonds is 11. The molecular weight excluding hydrogens is 422 g/mol. The maximum absolute atomic E-state index is 12.0. The van der Waals surface area contributed by atoms with Crippen LogP contribution in [0.3, 0.4) is 0 Å². The van der Waals surface area contributed by atoms with Crippen LogP contribution in [0.5, 0.6) is 5.75 Å². The molecule has 2 rings (SSSR count). The van der Waals surface area contributed by atoms with Gasteiger partial charge in [0.2, 0.25) is 0 Å². The van der Waals surface area contributed by atoms with Crippen molar-refractivity contribution in [1.82, 2.24) is 10.2 Å². The van der Waals surface area contributed by atoms with E-state index in [1.54, 1.807) is 12.1 Å². The van der Waals surface area contributed by atoms with Crippen LogP contribution >= 0.6 is 15.9 Å². The number of aromatic nitrogens is 2. The average molecular weight is 450 g/mol. The van der Waals surface area contributed by atoms with Crippen molar-refractivity contribution in [3.63, 3.8) is 0 Å². The number of halogens is 1. The number of benzene rings is 1. The van der Waals surface area contributed by atoms with E-state index in [9.17, 15) is 4.79 Å². The van der Waals surface area contributed by atoms with Crippen LogP contribution in [0.25, 0.3) is 0 Å². The van der Waals surface area contributed by atoms with Gasteiger partial charge in [0, 0.05) is 23.1 Å². The monoisotopic (exact) mass is 449 g/mol. The van der Waals surface area contributed by atoms with Crippen LogP contribution in [0.4, 0.5) is 5.82 Å². The second-order valence-corrected chi connectivity index (χ2v) is 7.30. The van der Waals surface area contributed by atoms with Gasteiger partial charge in [-0.15, -0.1) is 10.2 Å². The molecule has 0 saturated heterocycles. The molecule has 0 aliphatic heterocycles. The molecule has 1 heterocycles. The van der Waals surface area contributed by atoms with Crippen molar-refractivity contribution < 1.29 is 14.3 Å². The van der Waals surface area contributed by atoms with Gasteiger partial charge in [-0.3, -0.25) is 0 Å². The zero-order chi connectivity index (χ0) is 20.4. The van der Waals surface area contributed by atoms with E-state index in [-0.39, 0.29) is 5.69 Å². The summed E-state index contributed by atoms with van der Waals surface area (Å²) in [4.78, 5) is 14.1. The van der Waals surface area contributed by atoms with E-state index in [2.05, 4.69) is 50.9 Å². The third-order valence-electron chi connectivity index (χ3n) is 4.14. The Morgan fingerprint density at radius 3 is 2.54 bits per heavy atom. The van der Waals surface area contributed by atoms with Gasteiger partial charge in [-0.05, 0) is 50.1 Å². The molecule has 0 atom stereocenters. The van der Waals surface area contributed by atoms with Crippen molar-refractivity contribution >= 4 is 27.7 Å². The van der Waals surface area contributed by atoms with Crippen LogP contribution in [-0.2, 0) is 11.3 Å². The quantitative estimate of drug-likeness (QED) is 0.354. The molecule has 0 fully saturated rings. The number of carbonyl (C=O) groups is 1. The predicted molar refractivity (Wildman–Crippen MR) is 114 cm³/mol. The lowest BCUT2D eigenvalue weighted by Crippen LogP contribution is -2.24. The smallest absolute Gasteiger partial charge is 0.358 e. The number of ether oxygens (including phenoxy) is 2. The Balaban J connectivity index is 2.11. The van der Waals surface area contributed by atoms with Gasteiger partial charge < -0.3 is 14.4 Å². The molecule has 6 nitrogen and oxygen atoms in total. The van der Waals surface area contributed by atoms with E-state index in [0.717, 1.165) is 41.6 Å². The van der Waals surface area contributed by atoms with E-state index in [1.165, 1.54) is 0 Å². The lowest BCUT2D eigenvalue weighted by molar-refractivity contribution is 0.0491. The van der Waals surface area contributed by atoms with Gasteiger partial charge in [0.15, 0.2) is 11.5 Å². The van der Waals surface area contributed by atoms with Crippen LogP contribution in [0.15, 0.2) is 34.8 Å². The van der Waals surface area contributed by atoms with E-state index >= 15 is 0 Å². The average Bonchev–Trinajstić information content (AvgIpc) is 2.71. The fourth-order valence-corrected chi connectivity index (χ4v) is 2.98. The Labute approximate surface area is 175 Å². The van der Waals surface area contributed by atoms with Gasteiger partial charge in [-0.2, -0.15) is 0 Å². The van der Waals surface area contributed by atoms with Gasteiger partial charge in [0.25, 0.3) is 0 Å².